The molecule has 0 bridgehead atoms. The van der Waals surface area contributed by atoms with Crippen molar-refractivity contribution in [1.82, 2.24) is 10.2 Å². The lowest BCUT2D eigenvalue weighted by molar-refractivity contribution is -0.0238. The van der Waals surface area contributed by atoms with Crippen LogP contribution < -0.4 is 5.32 Å². The number of hydrogen-bond donors (Lipinski definition) is 1. The highest BCUT2D eigenvalue weighted by atomic mass is 35.5. The van der Waals surface area contributed by atoms with Gasteiger partial charge in [-0.15, -0.1) is 0 Å². The maximum Gasteiger partial charge on any atom is 0.0594 e. The largest absolute Gasteiger partial charge is 0.379 e. The van der Waals surface area contributed by atoms with Crippen molar-refractivity contribution in [2.75, 3.05) is 32.8 Å². The quantitative estimate of drug-likeness (QED) is 0.870. The van der Waals surface area contributed by atoms with E-state index >= 15 is 0 Å². The standard InChI is InChI=1S/C17H27ClN2O/c1-4-9-19-16(14-5-7-15(18)8-6-14)17(2,3)20-10-12-21-13-11-20/h5-8,16,19H,4,9-13H2,1-3H3. The van der Waals surface area contributed by atoms with Gasteiger partial charge in [0.15, 0.2) is 0 Å². The van der Waals surface area contributed by atoms with E-state index in [0.29, 0.717) is 0 Å². The summed E-state index contributed by atoms with van der Waals surface area (Å²) in [7, 11) is 0. The Balaban J connectivity index is 2.22. The molecule has 0 aliphatic carbocycles. The molecule has 1 atom stereocenters. The number of nitrogens with zero attached hydrogens (tertiary/aromatic N) is 1. The fourth-order valence-corrected chi connectivity index (χ4v) is 3.17. The first-order chi connectivity index (χ1) is 10.1. The summed E-state index contributed by atoms with van der Waals surface area (Å²) in [6, 6.07) is 8.52. The van der Waals surface area contributed by atoms with Crippen LogP contribution in [0.3, 0.4) is 0 Å². The maximum absolute atomic E-state index is 6.04. The second-order valence-corrected chi connectivity index (χ2v) is 6.63. The van der Waals surface area contributed by atoms with E-state index < -0.39 is 0 Å². The van der Waals surface area contributed by atoms with Crippen molar-refractivity contribution in [2.24, 2.45) is 0 Å². The van der Waals surface area contributed by atoms with Crippen molar-refractivity contribution < 1.29 is 4.74 Å². The van der Waals surface area contributed by atoms with Crippen LogP contribution >= 0.6 is 11.6 Å². The number of ether oxygens (including phenoxy) is 1. The van der Waals surface area contributed by atoms with E-state index in [1.807, 2.05) is 12.1 Å². The highest BCUT2D eigenvalue weighted by Crippen LogP contribution is 2.32. The normalized spacial score (nSPS) is 18.7. The van der Waals surface area contributed by atoms with Gasteiger partial charge in [-0.2, -0.15) is 0 Å². The topological polar surface area (TPSA) is 24.5 Å². The fourth-order valence-electron chi connectivity index (χ4n) is 3.04. The summed E-state index contributed by atoms with van der Waals surface area (Å²) in [5.41, 5.74) is 1.33. The van der Waals surface area contributed by atoms with Gasteiger partial charge in [-0.25, -0.2) is 0 Å². The van der Waals surface area contributed by atoms with E-state index in [9.17, 15) is 0 Å². The van der Waals surface area contributed by atoms with E-state index in [1.54, 1.807) is 0 Å². The summed E-state index contributed by atoms with van der Waals surface area (Å²) in [5, 5.41) is 4.51. The third kappa shape index (κ3) is 4.19. The lowest BCUT2D eigenvalue weighted by Gasteiger charge is -2.46. The van der Waals surface area contributed by atoms with E-state index in [-0.39, 0.29) is 11.6 Å². The SMILES string of the molecule is CCCNC(c1ccc(Cl)cc1)C(C)(C)N1CCOCC1. The minimum Gasteiger partial charge on any atom is -0.379 e. The molecule has 0 aromatic heterocycles. The molecular formula is C17H27ClN2O. The van der Waals surface area contributed by atoms with Crippen LogP contribution in [-0.2, 0) is 4.74 Å². The van der Waals surface area contributed by atoms with Crippen LogP contribution in [-0.4, -0.2) is 43.3 Å². The monoisotopic (exact) mass is 310 g/mol. The molecule has 1 aliphatic rings. The number of morpholine rings is 1. The van der Waals surface area contributed by atoms with Gasteiger partial charge >= 0.3 is 0 Å². The molecular weight excluding hydrogens is 284 g/mol. The van der Waals surface area contributed by atoms with Crippen molar-refractivity contribution in [1.29, 1.82) is 0 Å². The van der Waals surface area contributed by atoms with Crippen LogP contribution in [0.15, 0.2) is 24.3 Å². The summed E-state index contributed by atoms with van der Waals surface area (Å²) in [5.74, 6) is 0. The Hall–Kier alpha value is -0.610. The average Bonchev–Trinajstić information content (AvgIpc) is 2.50. The van der Waals surface area contributed by atoms with Crippen LogP contribution in [0.4, 0.5) is 0 Å². The van der Waals surface area contributed by atoms with Gasteiger partial charge in [-0.3, -0.25) is 4.90 Å². The molecule has 118 valence electrons. The summed E-state index contributed by atoms with van der Waals surface area (Å²) < 4.78 is 5.50. The number of rotatable bonds is 6. The molecule has 3 nitrogen and oxygen atoms in total. The molecule has 4 heteroatoms. The Kier molecular flexibility index (Phi) is 6.06. The molecule has 0 saturated carbocycles. The van der Waals surface area contributed by atoms with Crippen molar-refractivity contribution in [2.45, 2.75) is 38.8 Å². The predicted molar refractivity (Wildman–Crippen MR) is 89.0 cm³/mol. The van der Waals surface area contributed by atoms with Gasteiger partial charge < -0.3 is 10.1 Å². The zero-order valence-corrected chi connectivity index (χ0v) is 14.1. The minimum atomic E-state index is 0.0345. The van der Waals surface area contributed by atoms with Crippen LogP contribution in [0.5, 0.6) is 0 Å². The molecule has 1 saturated heterocycles. The first-order valence-electron chi connectivity index (χ1n) is 7.87. The number of hydrogen-bond acceptors (Lipinski definition) is 3. The Labute approximate surface area is 133 Å². The smallest absolute Gasteiger partial charge is 0.0594 e. The molecule has 0 amide bonds. The Bertz CT molecular complexity index is 427. The second kappa shape index (κ2) is 7.59. The first kappa shape index (κ1) is 16.8. The third-order valence-electron chi connectivity index (χ3n) is 4.33. The van der Waals surface area contributed by atoms with E-state index in [0.717, 1.165) is 44.3 Å². The number of nitrogens with one attached hydrogen (secondary N) is 1. The lowest BCUT2D eigenvalue weighted by Crippen LogP contribution is -2.56. The van der Waals surface area contributed by atoms with Crippen LogP contribution in [0.25, 0.3) is 0 Å². The lowest BCUT2D eigenvalue weighted by atomic mass is 9.86. The number of benzene rings is 1. The van der Waals surface area contributed by atoms with Crippen LogP contribution in [0, 0.1) is 0 Å². The molecule has 2 rings (SSSR count). The predicted octanol–water partition coefficient (Wildman–Crippen LogP) is 3.49. The molecule has 1 aliphatic heterocycles. The minimum absolute atomic E-state index is 0.0345. The fraction of sp³-hybridized carbons (Fsp3) is 0.647. The molecule has 21 heavy (non-hydrogen) atoms. The summed E-state index contributed by atoms with van der Waals surface area (Å²) in [6.07, 6.45) is 1.13. The Morgan fingerprint density at radius 1 is 1.24 bits per heavy atom. The Morgan fingerprint density at radius 2 is 1.86 bits per heavy atom. The van der Waals surface area contributed by atoms with Gasteiger partial charge in [0.25, 0.3) is 0 Å². The maximum atomic E-state index is 6.04. The molecule has 1 heterocycles. The van der Waals surface area contributed by atoms with Crippen molar-refractivity contribution >= 4 is 11.6 Å². The first-order valence-corrected chi connectivity index (χ1v) is 8.25. The van der Waals surface area contributed by atoms with Crippen LogP contribution in [0.1, 0.15) is 38.8 Å². The number of halogens is 1. The molecule has 1 aromatic carbocycles. The second-order valence-electron chi connectivity index (χ2n) is 6.19. The summed E-state index contributed by atoms with van der Waals surface area (Å²) in [4.78, 5) is 2.53. The average molecular weight is 311 g/mol. The van der Waals surface area contributed by atoms with Gasteiger partial charge in [0, 0.05) is 23.7 Å². The third-order valence-corrected chi connectivity index (χ3v) is 4.59. The zero-order chi connectivity index (χ0) is 15.3. The zero-order valence-electron chi connectivity index (χ0n) is 13.4. The molecule has 1 aromatic rings. The molecule has 1 fully saturated rings. The van der Waals surface area contributed by atoms with Crippen molar-refractivity contribution in [3.63, 3.8) is 0 Å². The van der Waals surface area contributed by atoms with Crippen molar-refractivity contribution in [3.05, 3.63) is 34.9 Å². The van der Waals surface area contributed by atoms with Gasteiger partial charge in [0.2, 0.25) is 0 Å². The summed E-state index contributed by atoms with van der Waals surface area (Å²) in [6.45, 7) is 11.5. The van der Waals surface area contributed by atoms with Crippen LogP contribution in [0.2, 0.25) is 5.02 Å². The molecule has 0 spiro atoms. The molecule has 0 radical (unpaired) electrons. The highest BCUT2D eigenvalue weighted by Gasteiger charge is 2.36. The highest BCUT2D eigenvalue weighted by molar-refractivity contribution is 6.30. The van der Waals surface area contributed by atoms with E-state index in [2.05, 4.69) is 43.1 Å². The van der Waals surface area contributed by atoms with Gasteiger partial charge in [-0.05, 0) is 44.5 Å². The molecule has 1 unspecified atom stereocenters. The summed E-state index contributed by atoms with van der Waals surface area (Å²) >= 11 is 6.04. The van der Waals surface area contributed by atoms with E-state index in [4.69, 9.17) is 16.3 Å². The van der Waals surface area contributed by atoms with Gasteiger partial charge in [0.1, 0.15) is 0 Å². The Morgan fingerprint density at radius 3 is 2.43 bits per heavy atom. The van der Waals surface area contributed by atoms with E-state index in [1.165, 1.54) is 5.56 Å². The van der Waals surface area contributed by atoms with Crippen molar-refractivity contribution in [3.8, 4) is 0 Å². The van der Waals surface area contributed by atoms with Gasteiger partial charge in [0.05, 0.1) is 19.3 Å². The van der Waals surface area contributed by atoms with Gasteiger partial charge in [-0.1, -0.05) is 30.7 Å². The molecule has 1 N–H and O–H groups in total.